The molecule has 0 heterocycles. The molecule has 0 N–H and O–H groups in total. The van der Waals surface area contributed by atoms with E-state index in [0.717, 1.165) is 23.5 Å². The smallest absolute Gasteiger partial charge is 0.122 e. The maximum atomic E-state index is 5.68. The molecule has 0 amide bonds. The van der Waals surface area contributed by atoms with Crippen LogP contribution in [-0.2, 0) is 5.41 Å². The minimum absolute atomic E-state index is 0.387. The van der Waals surface area contributed by atoms with E-state index < -0.39 is 0 Å². The fourth-order valence-electron chi connectivity index (χ4n) is 5.77. The molecule has 0 unspecified atom stereocenters. The van der Waals surface area contributed by atoms with Crippen LogP contribution in [0.5, 0.6) is 5.75 Å². The monoisotopic (exact) mass is 255 g/mol. The zero-order valence-electron chi connectivity index (χ0n) is 11.8. The molecule has 101 valence electrons. The van der Waals surface area contributed by atoms with Crippen molar-refractivity contribution < 1.29 is 4.74 Å². The third kappa shape index (κ3) is 1.67. The second-order valence-electron chi connectivity index (χ2n) is 7.19. The average molecular weight is 255 g/mol. The summed E-state index contributed by atoms with van der Waals surface area (Å²) in [6, 6.07) is 6.37. The molecule has 4 fully saturated rings. The molecular weight excluding hydrogens is 232 g/mol. The van der Waals surface area contributed by atoms with Gasteiger partial charge in [-0.2, -0.15) is 0 Å². The Balaban J connectivity index is 1.84. The Labute approximate surface area is 116 Å². The highest BCUT2D eigenvalue weighted by molar-refractivity contribution is 5.48. The standard InChI is InChI=1S/C18H23O/c1-12-4-3-5-16(19-2)17(12)18-9-13-6-14(10-18)8-15(7-13)11-18/h3-5,13-15H,1,6-11H2,2H3. The SMILES string of the molecule is [CH2]c1cccc(OC)c1C12CC3CC(CC(C3)C1)C2. The first kappa shape index (κ1) is 11.8. The number of rotatable bonds is 2. The Morgan fingerprint density at radius 1 is 1.05 bits per heavy atom. The summed E-state index contributed by atoms with van der Waals surface area (Å²) in [5.41, 5.74) is 3.02. The molecule has 4 saturated carbocycles. The summed E-state index contributed by atoms with van der Waals surface area (Å²) in [5, 5.41) is 0. The van der Waals surface area contributed by atoms with Gasteiger partial charge in [0.05, 0.1) is 7.11 Å². The van der Waals surface area contributed by atoms with Crippen LogP contribution in [0.3, 0.4) is 0 Å². The molecule has 1 aromatic rings. The van der Waals surface area contributed by atoms with Gasteiger partial charge < -0.3 is 4.74 Å². The maximum absolute atomic E-state index is 5.68. The molecule has 0 saturated heterocycles. The number of hydrogen-bond donors (Lipinski definition) is 0. The predicted molar refractivity (Wildman–Crippen MR) is 77.3 cm³/mol. The number of ether oxygens (including phenoxy) is 1. The van der Waals surface area contributed by atoms with Crippen LogP contribution in [0.2, 0.25) is 0 Å². The van der Waals surface area contributed by atoms with E-state index >= 15 is 0 Å². The summed E-state index contributed by atoms with van der Waals surface area (Å²) in [7, 11) is 1.80. The van der Waals surface area contributed by atoms with Crippen molar-refractivity contribution in [2.45, 2.75) is 43.9 Å². The third-order valence-corrected chi connectivity index (χ3v) is 5.90. The Kier molecular flexibility index (Phi) is 2.49. The highest BCUT2D eigenvalue weighted by Gasteiger charge is 2.52. The number of benzene rings is 1. The van der Waals surface area contributed by atoms with Crippen LogP contribution in [0.25, 0.3) is 0 Å². The first-order chi connectivity index (χ1) is 9.20. The Hall–Kier alpha value is -0.980. The lowest BCUT2D eigenvalue weighted by atomic mass is 9.47. The van der Waals surface area contributed by atoms with Gasteiger partial charge in [-0.25, -0.2) is 0 Å². The first-order valence-electron chi connectivity index (χ1n) is 7.69. The lowest BCUT2D eigenvalue weighted by molar-refractivity contribution is -0.00631. The van der Waals surface area contributed by atoms with Gasteiger partial charge in [-0.15, -0.1) is 0 Å². The molecule has 4 aliphatic carbocycles. The minimum Gasteiger partial charge on any atom is -0.496 e. The molecule has 0 atom stereocenters. The topological polar surface area (TPSA) is 9.23 Å². The van der Waals surface area contributed by atoms with E-state index in [1.54, 1.807) is 7.11 Å². The molecule has 1 aromatic carbocycles. The number of hydrogen-bond acceptors (Lipinski definition) is 1. The van der Waals surface area contributed by atoms with Crippen molar-refractivity contribution in [2.24, 2.45) is 17.8 Å². The minimum atomic E-state index is 0.387. The highest BCUT2D eigenvalue weighted by atomic mass is 16.5. The summed E-state index contributed by atoms with van der Waals surface area (Å²) in [6.07, 6.45) is 8.59. The van der Waals surface area contributed by atoms with Gasteiger partial charge in [-0.3, -0.25) is 0 Å². The first-order valence-corrected chi connectivity index (χ1v) is 7.69. The zero-order valence-corrected chi connectivity index (χ0v) is 11.8. The fourth-order valence-corrected chi connectivity index (χ4v) is 5.77. The largest absolute Gasteiger partial charge is 0.496 e. The van der Waals surface area contributed by atoms with Crippen molar-refractivity contribution in [3.05, 3.63) is 36.2 Å². The van der Waals surface area contributed by atoms with Crippen molar-refractivity contribution in [1.29, 1.82) is 0 Å². The Morgan fingerprint density at radius 3 is 2.16 bits per heavy atom. The van der Waals surface area contributed by atoms with E-state index in [1.165, 1.54) is 49.7 Å². The van der Waals surface area contributed by atoms with Crippen LogP contribution < -0.4 is 4.74 Å². The second kappa shape index (κ2) is 4.01. The van der Waals surface area contributed by atoms with Crippen LogP contribution >= 0.6 is 0 Å². The molecule has 0 aromatic heterocycles. The molecule has 0 spiro atoms. The molecule has 1 heteroatoms. The van der Waals surface area contributed by atoms with E-state index in [0.29, 0.717) is 5.41 Å². The van der Waals surface area contributed by atoms with Crippen molar-refractivity contribution in [1.82, 2.24) is 0 Å². The van der Waals surface area contributed by atoms with Crippen LogP contribution in [0, 0.1) is 24.7 Å². The maximum Gasteiger partial charge on any atom is 0.122 e. The third-order valence-electron chi connectivity index (χ3n) is 5.90. The predicted octanol–water partition coefficient (Wildman–Crippen LogP) is 4.35. The van der Waals surface area contributed by atoms with E-state index in [1.807, 2.05) is 0 Å². The summed E-state index contributed by atoms with van der Waals surface area (Å²) in [5.74, 6) is 3.98. The molecule has 19 heavy (non-hydrogen) atoms. The van der Waals surface area contributed by atoms with Gasteiger partial charge >= 0.3 is 0 Å². The van der Waals surface area contributed by atoms with E-state index in [4.69, 9.17) is 4.74 Å². The van der Waals surface area contributed by atoms with Crippen LogP contribution in [0.15, 0.2) is 18.2 Å². The second-order valence-corrected chi connectivity index (χ2v) is 7.19. The van der Waals surface area contributed by atoms with Crippen molar-refractivity contribution in [2.75, 3.05) is 7.11 Å². The van der Waals surface area contributed by atoms with Gasteiger partial charge in [0.2, 0.25) is 0 Å². The van der Waals surface area contributed by atoms with Gasteiger partial charge in [0.25, 0.3) is 0 Å². The number of methoxy groups -OCH3 is 1. The molecule has 5 rings (SSSR count). The zero-order chi connectivity index (χ0) is 13.0. The average Bonchev–Trinajstić information content (AvgIpc) is 2.36. The molecule has 0 aliphatic heterocycles. The molecule has 1 nitrogen and oxygen atoms in total. The lowest BCUT2D eigenvalue weighted by Crippen LogP contribution is -2.49. The van der Waals surface area contributed by atoms with Gasteiger partial charge in [0.1, 0.15) is 5.75 Å². The van der Waals surface area contributed by atoms with Crippen molar-refractivity contribution >= 4 is 0 Å². The Bertz CT molecular complexity index is 467. The van der Waals surface area contributed by atoms with Crippen LogP contribution in [-0.4, -0.2) is 7.11 Å². The summed E-state index contributed by atoms with van der Waals surface area (Å²) in [6.45, 7) is 4.31. The van der Waals surface area contributed by atoms with Gasteiger partial charge in [-0.1, -0.05) is 12.1 Å². The van der Waals surface area contributed by atoms with Gasteiger partial charge in [0.15, 0.2) is 0 Å². The molecular formula is C18H23O. The molecule has 4 aliphatic rings. The van der Waals surface area contributed by atoms with E-state index in [2.05, 4.69) is 25.1 Å². The van der Waals surface area contributed by atoms with Crippen LogP contribution in [0.4, 0.5) is 0 Å². The Morgan fingerprint density at radius 2 is 1.63 bits per heavy atom. The lowest BCUT2D eigenvalue weighted by Gasteiger charge is -2.57. The summed E-state index contributed by atoms with van der Waals surface area (Å²) < 4.78 is 5.68. The highest BCUT2D eigenvalue weighted by Crippen LogP contribution is 2.62. The van der Waals surface area contributed by atoms with Crippen molar-refractivity contribution in [3.63, 3.8) is 0 Å². The molecule has 4 bridgehead atoms. The summed E-state index contributed by atoms with van der Waals surface area (Å²) in [4.78, 5) is 0. The normalized spacial score (nSPS) is 39.6. The van der Waals surface area contributed by atoms with Crippen LogP contribution in [0.1, 0.15) is 49.7 Å². The van der Waals surface area contributed by atoms with Gasteiger partial charge in [0, 0.05) is 11.0 Å². The molecule has 1 radical (unpaired) electrons. The van der Waals surface area contributed by atoms with E-state index in [9.17, 15) is 0 Å². The van der Waals surface area contributed by atoms with Gasteiger partial charge in [-0.05, 0) is 74.8 Å². The summed E-state index contributed by atoms with van der Waals surface area (Å²) >= 11 is 0. The fraction of sp³-hybridized carbons (Fsp3) is 0.611. The quantitative estimate of drug-likeness (QED) is 0.763. The van der Waals surface area contributed by atoms with E-state index in [-0.39, 0.29) is 0 Å². The van der Waals surface area contributed by atoms with Crippen molar-refractivity contribution in [3.8, 4) is 5.75 Å².